The molecule has 0 aliphatic carbocycles. The molecule has 0 bridgehead atoms. The minimum Gasteiger partial charge on any atom is -0.744 e. The lowest BCUT2D eigenvalue weighted by molar-refractivity contribution is -0.777. The molecule has 3 aromatic rings. The van der Waals surface area contributed by atoms with E-state index in [4.69, 9.17) is 0 Å². The molecule has 19 nitrogen and oxygen atoms in total. The maximum Gasteiger partial charge on any atom is 0.296 e. The zero-order valence-corrected chi connectivity index (χ0v) is 28.9. The predicted octanol–water partition coefficient (Wildman–Crippen LogP) is 1.03. The highest BCUT2D eigenvalue weighted by Gasteiger charge is 2.36. The van der Waals surface area contributed by atoms with Crippen molar-refractivity contribution in [3.8, 4) is 5.69 Å². The number of carbonyl (C=O) groups excluding carboxylic acids is 3. The number of amides is 1. The highest BCUT2D eigenvalue weighted by molar-refractivity contribution is 7.94. The van der Waals surface area contributed by atoms with Crippen LogP contribution >= 0.6 is 12.0 Å². The molecule has 0 spiro atoms. The Balaban J connectivity index is 1.73. The number of aromatic nitrogens is 2. The predicted molar refractivity (Wildman–Crippen MR) is 170 cm³/mol. The van der Waals surface area contributed by atoms with E-state index in [-0.39, 0.29) is 27.4 Å². The van der Waals surface area contributed by atoms with Crippen molar-refractivity contribution in [1.82, 2.24) is 9.78 Å². The lowest BCUT2D eigenvalue weighted by Gasteiger charge is -2.18. The minimum atomic E-state index is -5.26. The molecule has 0 fully saturated rings. The molecule has 0 saturated carbocycles. The van der Waals surface area contributed by atoms with Crippen molar-refractivity contribution in [2.75, 3.05) is 5.01 Å². The average Bonchev–Trinajstić information content (AvgIpc) is 3.54. The van der Waals surface area contributed by atoms with Crippen molar-refractivity contribution >= 4 is 77.3 Å². The fraction of sp³-hybridized carbons (Fsp3) is 0.0714. The van der Waals surface area contributed by atoms with Gasteiger partial charge in [-0.05, 0) is 49.4 Å². The molecule has 0 saturated heterocycles. The number of hydrazone groups is 1. The molecule has 0 atom stereocenters. The van der Waals surface area contributed by atoms with Crippen LogP contribution in [-0.2, 0) is 49.3 Å². The summed E-state index contributed by atoms with van der Waals surface area (Å²) in [5.41, 5.74) is -2.43. The maximum absolute atomic E-state index is 13.4. The average molecular weight is 781 g/mol. The molecular formula is C28H20N4O15S4-4. The Kier molecular flexibility index (Phi) is 11.3. The molecular weight excluding hydrogens is 761 g/mol. The smallest absolute Gasteiger partial charge is 0.296 e. The second-order valence-electron chi connectivity index (χ2n) is 9.98. The minimum absolute atomic E-state index is 0.0274. The van der Waals surface area contributed by atoms with Gasteiger partial charge in [0.1, 0.15) is 30.8 Å². The molecule has 270 valence electrons. The standard InChI is InChI=1S/C28H23N4O15S4/c1-15-20(26(16(2)33)29-31(15)23-14-19(49(37,38)39)10-12-25(23)51(43,44)45)7-5-4-6-8-21-27(17(3)34)30-32(28(21)35)22-13-18(48-47-46-36)9-11-24(22)50(40,41)42/h4-14,36H,1H2,2-3H3,(H,37,38,39)(H,40,41,42)(H,43,44,45)/q-1/p-3/b6-4+,7-5+,21-8-. The van der Waals surface area contributed by atoms with E-state index in [9.17, 15) is 58.6 Å². The Morgan fingerprint density at radius 2 is 1.59 bits per heavy atom. The molecule has 4 rings (SSSR count). The summed E-state index contributed by atoms with van der Waals surface area (Å²) in [6, 6.07) is 4.84. The third-order valence-electron chi connectivity index (χ3n) is 6.63. The van der Waals surface area contributed by atoms with Gasteiger partial charge in [0, 0.05) is 11.8 Å². The first-order valence-corrected chi connectivity index (χ1v) is 18.4. The summed E-state index contributed by atoms with van der Waals surface area (Å²) in [7, 11) is -15.3. The number of rotatable bonds is 13. The summed E-state index contributed by atoms with van der Waals surface area (Å²) in [5.74, 6) is -2.38. The number of nitrogens with zero attached hydrogens (tertiary/aromatic N) is 4. The molecule has 1 N–H and O–H groups in total. The molecule has 1 amide bonds. The van der Waals surface area contributed by atoms with Gasteiger partial charge in [0.2, 0.25) is 0 Å². The lowest BCUT2D eigenvalue weighted by atomic mass is 10.1. The number of hydrogen-bond acceptors (Lipinski definition) is 17. The number of allylic oxidation sites excluding steroid dienone is 4. The first-order chi connectivity index (χ1) is 23.7. The first kappa shape index (κ1) is 39.0. The molecule has 1 aliphatic heterocycles. The molecule has 51 heavy (non-hydrogen) atoms. The lowest BCUT2D eigenvalue weighted by Crippen LogP contribution is -2.23. The van der Waals surface area contributed by atoms with Gasteiger partial charge in [0.05, 0.1) is 44.5 Å². The SMILES string of the molecule is [CH2-]c1c(/C=C/C=C/C=C2\C(=O)N(c3cc(SOO[O-])ccc3S(=O)(=O)O)N=C2C(C)=O)c(C(C)=O)nn1-c1cc(S(=O)(=O)[O-])ccc1S(=O)(=O)[O-]. The Bertz CT molecular complexity index is 2430. The van der Waals surface area contributed by atoms with E-state index < -0.39 is 79.6 Å². The monoisotopic (exact) mass is 780 g/mol. The van der Waals surface area contributed by atoms with Crippen LogP contribution in [0.5, 0.6) is 0 Å². The molecule has 1 aliphatic rings. The fourth-order valence-corrected chi connectivity index (χ4v) is 6.64. The van der Waals surface area contributed by atoms with Gasteiger partial charge in [-0.3, -0.25) is 28.7 Å². The van der Waals surface area contributed by atoms with Crippen molar-refractivity contribution in [3.63, 3.8) is 0 Å². The molecule has 2 heterocycles. The maximum atomic E-state index is 13.4. The van der Waals surface area contributed by atoms with Crippen molar-refractivity contribution in [3.05, 3.63) is 90.2 Å². The van der Waals surface area contributed by atoms with Gasteiger partial charge >= 0.3 is 0 Å². The van der Waals surface area contributed by atoms with Gasteiger partial charge < -0.3 is 14.4 Å². The normalized spacial score (nSPS) is 15.0. The van der Waals surface area contributed by atoms with Crippen LogP contribution in [0.3, 0.4) is 0 Å². The van der Waals surface area contributed by atoms with Gasteiger partial charge in [-0.2, -0.15) is 28.0 Å². The number of benzene rings is 2. The summed E-state index contributed by atoms with van der Waals surface area (Å²) in [4.78, 5) is 35.6. The number of ketones is 2. The summed E-state index contributed by atoms with van der Waals surface area (Å²) in [5, 5.41) is 21.9. The van der Waals surface area contributed by atoms with E-state index >= 15 is 0 Å². The quantitative estimate of drug-likeness (QED) is 0.0370. The van der Waals surface area contributed by atoms with Gasteiger partial charge in [0.15, 0.2) is 11.6 Å². The highest BCUT2D eigenvalue weighted by Crippen LogP contribution is 2.34. The van der Waals surface area contributed by atoms with Gasteiger partial charge in [-0.15, -0.1) is 11.6 Å². The summed E-state index contributed by atoms with van der Waals surface area (Å²) in [6.45, 7) is 5.91. The van der Waals surface area contributed by atoms with Crippen LogP contribution in [0.2, 0.25) is 0 Å². The van der Waals surface area contributed by atoms with Crippen LogP contribution < -0.4 is 10.3 Å². The number of hydrogen-bond donors (Lipinski definition) is 1. The highest BCUT2D eigenvalue weighted by atomic mass is 32.2. The molecule has 2 aromatic carbocycles. The van der Waals surface area contributed by atoms with E-state index in [1.807, 2.05) is 0 Å². The number of anilines is 1. The largest absolute Gasteiger partial charge is 0.744 e. The van der Waals surface area contributed by atoms with Gasteiger partial charge in [-0.1, -0.05) is 23.9 Å². The van der Waals surface area contributed by atoms with Crippen LogP contribution in [0.25, 0.3) is 11.8 Å². The van der Waals surface area contributed by atoms with Crippen molar-refractivity contribution < 1.29 is 67.9 Å². The van der Waals surface area contributed by atoms with E-state index in [1.54, 1.807) is 0 Å². The Morgan fingerprint density at radius 3 is 2.16 bits per heavy atom. The third kappa shape index (κ3) is 8.56. The Hall–Kier alpha value is -4.82. The summed E-state index contributed by atoms with van der Waals surface area (Å²) in [6.07, 6.45) is 6.22. The van der Waals surface area contributed by atoms with Crippen molar-refractivity contribution in [2.45, 2.75) is 33.4 Å². The van der Waals surface area contributed by atoms with E-state index in [2.05, 4.69) is 26.5 Å². The fourth-order valence-electron chi connectivity index (χ4n) is 4.47. The Morgan fingerprint density at radius 1 is 0.922 bits per heavy atom. The van der Waals surface area contributed by atoms with Crippen LogP contribution in [0, 0.1) is 6.92 Å². The zero-order valence-electron chi connectivity index (χ0n) is 25.6. The van der Waals surface area contributed by atoms with Crippen LogP contribution in [0.4, 0.5) is 5.69 Å². The molecule has 1 aromatic heterocycles. The topological polar surface area (TPSA) is 295 Å². The Labute approximate surface area is 293 Å². The molecule has 23 heteroatoms. The zero-order chi connectivity index (χ0) is 38.1. The van der Waals surface area contributed by atoms with Crippen LogP contribution in [0.1, 0.15) is 35.6 Å². The van der Waals surface area contributed by atoms with Crippen molar-refractivity contribution in [2.24, 2.45) is 5.10 Å². The van der Waals surface area contributed by atoms with Crippen LogP contribution in [-0.4, -0.2) is 71.9 Å². The van der Waals surface area contributed by atoms with E-state index in [0.29, 0.717) is 39.9 Å². The number of Topliss-reactive ketones (excluding diaryl/α,β-unsaturated/α-hetero) is 2. The molecule has 0 radical (unpaired) electrons. The van der Waals surface area contributed by atoms with E-state index in [0.717, 1.165) is 38.1 Å². The van der Waals surface area contributed by atoms with Gasteiger partial charge in [-0.25, -0.2) is 23.8 Å². The first-order valence-electron chi connectivity index (χ1n) is 13.4. The van der Waals surface area contributed by atoms with Crippen molar-refractivity contribution in [1.29, 1.82) is 0 Å². The number of carbonyl (C=O) groups is 3. The second kappa shape index (κ2) is 14.8. The summed E-state index contributed by atoms with van der Waals surface area (Å²) >= 11 is 0.340. The summed E-state index contributed by atoms with van der Waals surface area (Å²) < 4.78 is 109. The third-order valence-corrected chi connectivity index (χ3v) is 9.81. The van der Waals surface area contributed by atoms with E-state index in [1.165, 1.54) is 24.3 Å². The second-order valence-corrected chi connectivity index (χ2v) is 14.9. The van der Waals surface area contributed by atoms with Gasteiger partial charge in [0.25, 0.3) is 16.0 Å². The molecule has 0 unspecified atom stereocenters. The van der Waals surface area contributed by atoms with Crippen LogP contribution in [0.15, 0.2) is 91.0 Å².